The second-order valence-corrected chi connectivity index (χ2v) is 5.17. The molecule has 2 aromatic rings. The van der Waals surface area contributed by atoms with Crippen LogP contribution >= 0.6 is 15.9 Å². The van der Waals surface area contributed by atoms with E-state index in [0.29, 0.717) is 15.7 Å². The van der Waals surface area contributed by atoms with E-state index in [9.17, 15) is 14.0 Å². The third-order valence-electron chi connectivity index (χ3n) is 2.73. The molecule has 4 nitrogen and oxygen atoms in total. The number of Topliss-reactive ketones (excluding diaryl/α,β-unsaturated/α-hetero) is 1. The van der Waals surface area contributed by atoms with Gasteiger partial charge in [-0.05, 0) is 47.1 Å². The predicted octanol–water partition coefficient (Wildman–Crippen LogP) is 4.43. The van der Waals surface area contributed by atoms with Crippen LogP contribution in [-0.4, -0.2) is 11.8 Å². The number of hydrogen-bond acceptors (Lipinski definition) is 2. The summed E-state index contributed by atoms with van der Waals surface area (Å²) in [6.07, 6.45) is 0. The number of hydrogen-bond donors (Lipinski definition) is 2. The van der Waals surface area contributed by atoms with Crippen molar-refractivity contribution in [2.24, 2.45) is 0 Å². The van der Waals surface area contributed by atoms with E-state index in [0.717, 1.165) is 0 Å². The normalized spacial score (nSPS) is 10.0. The van der Waals surface area contributed by atoms with Crippen molar-refractivity contribution in [1.82, 2.24) is 0 Å². The molecule has 21 heavy (non-hydrogen) atoms. The van der Waals surface area contributed by atoms with E-state index < -0.39 is 11.8 Å². The molecule has 0 aliphatic heterocycles. The van der Waals surface area contributed by atoms with E-state index in [2.05, 4.69) is 26.6 Å². The molecule has 0 fully saturated rings. The van der Waals surface area contributed by atoms with Gasteiger partial charge in [-0.2, -0.15) is 0 Å². The number of halogens is 2. The van der Waals surface area contributed by atoms with Gasteiger partial charge in [0.15, 0.2) is 5.78 Å². The lowest BCUT2D eigenvalue weighted by atomic mass is 10.1. The molecule has 0 aliphatic carbocycles. The highest BCUT2D eigenvalue weighted by molar-refractivity contribution is 9.10. The number of rotatable bonds is 3. The lowest BCUT2D eigenvalue weighted by Gasteiger charge is -2.10. The molecule has 108 valence electrons. The van der Waals surface area contributed by atoms with Crippen molar-refractivity contribution in [3.8, 4) is 0 Å². The molecule has 6 heteroatoms. The van der Waals surface area contributed by atoms with Crippen molar-refractivity contribution in [3.05, 3.63) is 58.3 Å². The van der Waals surface area contributed by atoms with E-state index in [1.54, 1.807) is 30.3 Å². The molecule has 0 saturated heterocycles. The van der Waals surface area contributed by atoms with Gasteiger partial charge in [-0.3, -0.25) is 4.79 Å². The Hall–Kier alpha value is -2.21. The molecule has 0 aromatic heterocycles. The topological polar surface area (TPSA) is 58.2 Å². The van der Waals surface area contributed by atoms with Gasteiger partial charge in [0.05, 0.1) is 5.69 Å². The van der Waals surface area contributed by atoms with E-state index in [1.165, 1.54) is 19.1 Å². The van der Waals surface area contributed by atoms with Crippen molar-refractivity contribution in [2.75, 3.05) is 10.6 Å². The Kier molecular flexibility index (Phi) is 4.70. The van der Waals surface area contributed by atoms with Crippen molar-refractivity contribution in [2.45, 2.75) is 6.92 Å². The molecular formula is C15H12BrFN2O2. The number of ketones is 1. The minimum atomic E-state index is -0.596. The van der Waals surface area contributed by atoms with Crippen LogP contribution in [0.5, 0.6) is 0 Å². The maximum Gasteiger partial charge on any atom is 0.323 e. The van der Waals surface area contributed by atoms with Gasteiger partial charge in [-0.1, -0.05) is 18.2 Å². The Labute approximate surface area is 129 Å². The highest BCUT2D eigenvalue weighted by atomic mass is 79.9. The third kappa shape index (κ3) is 3.88. The first-order valence-corrected chi connectivity index (χ1v) is 6.89. The van der Waals surface area contributed by atoms with Crippen molar-refractivity contribution in [1.29, 1.82) is 0 Å². The monoisotopic (exact) mass is 350 g/mol. The Bertz CT molecular complexity index is 684. The maximum atomic E-state index is 13.6. The highest BCUT2D eigenvalue weighted by Gasteiger charge is 2.10. The second-order valence-electron chi connectivity index (χ2n) is 4.31. The molecule has 0 spiro atoms. The van der Waals surface area contributed by atoms with Gasteiger partial charge in [-0.15, -0.1) is 0 Å². The summed E-state index contributed by atoms with van der Waals surface area (Å²) >= 11 is 3.16. The molecule has 0 aliphatic rings. The van der Waals surface area contributed by atoms with Gasteiger partial charge >= 0.3 is 6.03 Å². The summed E-state index contributed by atoms with van der Waals surface area (Å²) in [6.45, 7) is 1.44. The van der Waals surface area contributed by atoms with Crippen LogP contribution in [0.4, 0.5) is 20.6 Å². The Morgan fingerprint density at radius 2 is 1.81 bits per heavy atom. The molecular weight excluding hydrogens is 339 g/mol. The average Bonchev–Trinajstić information content (AvgIpc) is 2.43. The molecule has 0 heterocycles. The number of carbonyl (C=O) groups excluding carboxylic acids is 2. The maximum absolute atomic E-state index is 13.6. The van der Waals surface area contributed by atoms with Crippen molar-refractivity contribution >= 4 is 39.1 Å². The average molecular weight is 351 g/mol. The predicted molar refractivity (Wildman–Crippen MR) is 83.2 cm³/mol. The number of carbonyl (C=O) groups is 2. The number of nitrogens with one attached hydrogen (secondary N) is 2. The lowest BCUT2D eigenvalue weighted by Crippen LogP contribution is -2.20. The Balaban J connectivity index is 2.12. The van der Waals surface area contributed by atoms with Gasteiger partial charge in [0.1, 0.15) is 5.82 Å². The summed E-state index contributed by atoms with van der Waals surface area (Å²) < 4.78 is 14.0. The Morgan fingerprint density at radius 1 is 1.10 bits per heavy atom. The summed E-state index contributed by atoms with van der Waals surface area (Å²) in [5, 5.41) is 4.97. The standard InChI is InChI=1S/C15H12BrFN2O2/c1-9(20)10-4-2-5-11(8-10)18-15(21)19-14-12(16)6-3-7-13(14)17/h2-8H,1H3,(H2,18,19,21). The minimum absolute atomic E-state index is 0.0534. The summed E-state index contributed by atoms with van der Waals surface area (Å²) in [5.41, 5.74) is 0.991. The minimum Gasteiger partial charge on any atom is -0.308 e. The summed E-state index contributed by atoms with van der Waals surface area (Å²) in [4.78, 5) is 23.2. The van der Waals surface area contributed by atoms with Gasteiger partial charge in [0.25, 0.3) is 0 Å². The van der Waals surface area contributed by atoms with Crippen LogP contribution in [0.2, 0.25) is 0 Å². The molecule has 2 amide bonds. The fourth-order valence-electron chi connectivity index (χ4n) is 1.71. The molecule has 0 radical (unpaired) electrons. The quantitative estimate of drug-likeness (QED) is 0.804. The van der Waals surface area contributed by atoms with E-state index >= 15 is 0 Å². The van der Waals surface area contributed by atoms with Crippen LogP contribution in [0.1, 0.15) is 17.3 Å². The van der Waals surface area contributed by atoms with E-state index in [1.807, 2.05) is 0 Å². The number of amides is 2. The molecule has 0 saturated carbocycles. The number of anilines is 2. The summed E-state index contributed by atoms with van der Waals surface area (Å²) in [6, 6.07) is 10.3. The Morgan fingerprint density at radius 3 is 2.48 bits per heavy atom. The van der Waals surface area contributed by atoms with Crippen LogP contribution in [-0.2, 0) is 0 Å². The first-order chi connectivity index (χ1) is 9.97. The van der Waals surface area contributed by atoms with Crippen LogP contribution < -0.4 is 10.6 Å². The number of benzene rings is 2. The lowest BCUT2D eigenvalue weighted by molar-refractivity contribution is 0.101. The molecule has 2 aromatic carbocycles. The van der Waals surface area contributed by atoms with E-state index in [4.69, 9.17) is 0 Å². The van der Waals surface area contributed by atoms with E-state index in [-0.39, 0.29) is 11.5 Å². The van der Waals surface area contributed by atoms with Gasteiger partial charge in [0, 0.05) is 15.7 Å². The van der Waals surface area contributed by atoms with Gasteiger partial charge < -0.3 is 10.6 Å². The first-order valence-electron chi connectivity index (χ1n) is 6.10. The number of para-hydroxylation sites is 1. The van der Waals surface area contributed by atoms with Crippen molar-refractivity contribution in [3.63, 3.8) is 0 Å². The van der Waals surface area contributed by atoms with Gasteiger partial charge in [-0.25, -0.2) is 9.18 Å². The van der Waals surface area contributed by atoms with Crippen LogP contribution in [0, 0.1) is 5.82 Å². The van der Waals surface area contributed by atoms with Crippen LogP contribution in [0.3, 0.4) is 0 Å². The SMILES string of the molecule is CC(=O)c1cccc(NC(=O)Nc2c(F)cccc2Br)c1. The zero-order valence-corrected chi connectivity index (χ0v) is 12.7. The fourth-order valence-corrected chi connectivity index (χ4v) is 2.15. The summed E-state index contributed by atoms with van der Waals surface area (Å²) in [7, 11) is 0. The molecule has 2 N–H and O–H groups in total. The highest BCUT2D eigenvalue weighted by Crippen LogP contribution is 2.25. The fraction of sp³-hybridized carbons (Fsp3) is 0.0667. The molecule has 0 unspecified atom stereocenters. The van der Waals surface area contributed by atoms with Crippen molar-refractivity contribution < 1.29 is 14.0 Å². The molecule has 0 atom stereocenters. The van der Waals surface area contributed by atoms with Crippen LogP contribution in [0.15, 0.2) is 46.9 Å². The largest absolute Gasteiger partial charge is 0.323 e. The first kappa shape index (κ1) is 15.2. The zero-order valence-electron chi connectivity index (χ0n) is 11.1. The number of urea groups is 1. The zero-order chi connectivity index (χ0) is 15.4. The van der Waals surface area contributed by atoms with Gasteiger partial charge in [0.2, 0.25) is 0 Å². The smallest absolute Gasteiger partial charge is 0.308 e. The van der Waals surface area contributed by atoms with Crippen LogP contribution in [0.25, 0.3) is 0 Å². The molecule has 0 bridgehead atoms. The third-order valence-corrected chi connectivity index (χ3v) is 3.39. The second kappa shape index (κ2) is 6.49. The molecule has 2 rings (SSSR count). The summed E-state index contributed by atoms with van der Waals surface area (Å²) in [5.74, 6) is -0.645.